The quantitative estimate of drug-likeness (QED) is 0.884. The number of hydrogen-bond acceptors (Lipinski definition) is 4. The van der Waals surface area contributed by atoms with Gasteiger partial charge in [-0.1, -0.05) is 35.9 Å². The fraction of sp³-hybridized carbons (Fsp3) is 0.235. The van der Waals surface area contributed by atoms with Crippen LogP contribution in [-0.2, 0) is 14.8 Å². The lowest BCUT2D eigenvalue weighted by molar-refractivity contribution is 0.0730. The summed E-state index contributed by atoms with van der Waals surface area (Å²) in [5, 5.41) is 3.04. The van der Waals surface area contributed by atoms with Crippen molar-refractivity contribution < 1.29 is 17.9 Å². The van der Waals surface area contributed by atoms with E-state index < -0.39 is 15.9 Å². The Morgan fingerprint density at radius 3 is 2.40 bits per heavy atom. The van der Waals surface area contributed by atoms with Gasteiger partial charge in [-0.15, -0.1) is 0 Å². The molecular weight excluding hydrogens is 364 g/mol. The molecular formula is C17H17ClN2O4S. The molecule has 1 saturated heterocycles. The molecule has 0 spiro atoms. The van der Waals surface area contributed by atoms with E-state index in [1.807, 2.05) is 0 Å². The second-order valence-corrected chi connectivity index (χ2v) is 7.76. The van der Waals surface area contributed by atoms with Crippen LogP contribution < -0.4 is 5.32 Å². The molecule has 0 unspecified atom stereocenters. The standard InChI is InChI=1S/C17H17ClN2O4S/c18-14-6-2-3-7-15(14)19-17(21)13-5-1-4-8-16(13)25(22,23)20-9-11-24-12-10-20/h1-8H,9-12H2,(H,19,21). The first-order chi connectivity index (χ1) is 12.0. The minimum atomic E-state index is -3.78. The van der Waals surface area contributed by atoms with Crippen molar-refractivity contribution in [2.45, 2.75) is 4.90 Å². The lowest BCUT2D eigenvalue weighted by atomic mass is 10.2. The van der Waals surface area contributed by atoms with Gasteiger partial charge in [0.25, 0.3) is 5.91 Å². The third-order valence-corrected chi connectivity index (χ3v) is 6.13. The third kappa shape index (κ3) is 3.85. The summed E-state index contributed by atoms with van der Waals surface area (Å²) in [4.78, 5) is 12.6. The van der Waals surface area contributed by atoms with Crippen LogP contribution in [0.2, 0.25) is 5.02 Å². The summed E-state index contributed by atoms with van der Waals surface area (Å²) in [6.07, 6.45) is 0. The Balaban J connectivity index is 1.93. The largest absolute Gasteiger partial charge is 0.379 e. The summed E-state index contributed by atoms with van der Waals surface area (Å²) in [5.74, 6) is -0.527. The first-order valence-electron chi connectivity index (χ1n) is 7.73. The Morgan fingerprint density at radius 2 is 1.68 bits per heavy atom. The van der Waals surface area contributed by atoms with E-state index in [4.69, 9.17) is 16.3 Å². The minimum absolute atomic E-state index is 0.0264. The second kappa shape index (κ2) is 7.53. The van der Waals surface area contributed by atoms with Gasteiger partial charge in [0.2, 0.25) is 10.0 Å². The summed E-state index contributed by atoms with van der Waals surface area (Å²) in [6, 6.07) is 12.9. The van der Waals surface area contributed by atoms with Crippen molar-refractivity contribution in [1.82, 2.24) is 4.31 Å². The van der Waals surface area contributed by atoms with Crippen LogP contribution in [0.3, 0.4) is 0 Å². The monoisotopic (exact) mass is 380 g/mol. The van der Waals surface area contributed by atoms with Gasteiger partial charge < -0.3 is 10.1 Å². The minimum Gasteiger partial charge on any atom is -0.379 e. The highest BCUT2D eigenvalue weighted by Crippen LogP contribution is 2.25. The number of nitrogens with zero attached hydrogens (tertiary/aromatic N) is 1. The number of morpholine rings is 1. The smallest absolute Gasteiger partial charge is 0.257 e. The third-order valence-electron chi connectivity index (χ3n) is 3.84. The molecule has 0 aromatic heterocycles. The van der Waals surface area contributed by atoms with Crippen LogP contribution in [0.1, 0.15) is 10.4 Å². The molecule has 1 aliphatic heterocycles. The molecule has 0 radical (unpaired) electrons. The van der Waals surface area contributed by atoms with Gasteiger partial charge in [0.1, 0.15) is 0 Å². The summed E-state index contributed by atoms with van der Waals surface area (Å²) < 4.78 is 32.3. The maximum Gasteiger partial charge on any atom is 0.257 e. The van der Waals surface area contributed by atoms with Crippen LogP contribution in [0.25, 0.3) is 0 Å². The highest BCUT2D eigenvalue weighted by molar-refractivity contribution is 7.89. The molecule has 0 bridgehead atoms. The number of carbonyl (C=O) groups excluding carboxylic acids is 1. The average Bonchev–Trinajstić information content (AvgIpc) is 2.64. The van der Waals surface area contributed by atoms with Crippen LogP contribution in [-0.4, -0.2) is 44.9 Å². The Morgan fingerprint density at radius 1 is 1.04 bits per heavy atom. The molecule has 0 saturated carbocycles. The summed E-state index contributed by atoms with van der Waals surface area (Å²) in [5.41, 5.74) is 0.502. The lowest BCUT2D eigenvalue weighted by Gasteiger charge is -2.26. The van der Waals surface area contributed by atoms with Crippen LogP contribution in [0.5, 0.6) is 0 Å². The van der Waals surface area contributed by atoms with Crippen molar-refractivity contribution in [3.63, 3.8) is 0 Å². The Bertz CT molecular complexity index is 880. The van der Waals surface area contributed by atoms with Crippen LogP contribution in [0, 0.1) is 0 Å². The van der Waals surface area contributed by atoms with Crippen molar-refractivity contribution in [2.24, 2.45) is 0 Å². The predicted molar refractivity (Wildman–Crippen MR) is 95.4 cm³/mol. The average molecular weight is 381 g/mol. The molecule has 132 valence electrons. The number of ether oxygens (including phenoxy) is 1. The number of carbonyl (C=O) groups is 1. The Hall–Kier alpha value is -1.93. The van der Waals surface area contributed by atoms with Crippen LogP contribution in [0.4, 0.5) is 5.69 Å². The summed E-state index contributed by atoms with van der Waals surface area (Å²) >= 11 is 6.05. The highest BCUT2D eigenvalue weighted by Gasteiger charge is 2.30. The van der Waals surface area contributed by atoms with E-state index >= 15 is 0 Å². The highest BCUT2D eigenvalue weighted by atomic mass is 35.5. The molecule has 1 N–H and O–H groups in total. The van der Waals surface area contributed by atoms with E-state index in [9.17, 15) is 13.2 Å². The molecule has 1 heterocycles. The maximum absolute atomic E-state index is 12.9. The molecule has 8 heteroatoms. The molecule has 2 aromatic rings. The van der Waals surface area contributed by atoms with E-state index in [0.29, 0.717) is 23.9 Å². The number of rotatable bonds is 4. The van der Waals surface area contributed by atoms with Gasteiger partial charge in [-0.05, 0) is 24.3 Å². The SMILES string of the molecule is O=C(Nc1ccccc1Cl)c1ccccc1S(=O)(=O)N1CCOCC1. The summed E-state index contributed by atoms with van der Waals surface area (Å²) in [6.45, 7) is 1.21. The van der Waals surface area contributed by atoms with Gasteiger partial charge in [0, 0.05) is 13.1 Å². The zero-order valence-corrected chi connectivity index (χ0v) is 14.9. The van der Waals surface area contributed by atoms with Crippen LogP contribution >= 0.6 is 11.6 Å². The van der Waals surface area contributed by atoms with E-state index in [1.165, 1.54) is 16.4 Å². The van der Waals surface area contributed by atoms with Crippen molar-refractivity contribution in [2.75, 3.05) is 31.6 Å². The molecule has 1 aliphatic rings. The molecule has 0 aliphatic carbocycles. The van der Waals surface area contributed by atoms with E-state index in [-0.39, 0.29) is 23.5 Å². The number of para-hydroxylation sites is 1. The van der Waals surface area contributed by atoms with Crippen molar-refractivity contribution >= 4 is 33.2 Å². The Labute approximate surface area is 151 Å². The number of nitrogens with one attached hydrogen (secondary N) is 1. The predicted octanol–water partition coefficient (Wildman–Crippen LogP) is 2.61. The van der Waals surface area contributed by atoms with E-state index in [1.54, 1.807) is 36.4 Å². The Kier molecular flexibility index (Phi) is 5.39. The van der Waals surface area contributed by atoms with Crippen molar-refractivity contribution in [3.05, 3.63) is 59.1 Å². The molecule has 2 aromatic carbocycles. The van der Waals surface area contributed by atoms with Gasteiger partial charge in [0.15, 0.2) is 0 Å². The maximum atomic E-state index is 12.9. The topological polar surface area (TPSA) is 75.7 Å². The van der Waals surface area contributed by atoms with Gasteiger partial charge in [-0.25, -0.2) is 8.42 Å². The number of hydrogen-bond donors (Lipinski definition) is 1. The zero-order valence-electron chi connectivity index (χ0n) is 13.3. The van der Waals surface area contributed by atoms with Gasteiger partial charge in [-0.2, -0.15) is 4.31 Å². The number of benzene rings is 2. The zero-order chi connectivity index (χ0) is 17.9. The number of halogens is 1. The molecule has 25 heavy (non-hydrogen) atoms. The van der Waals surface area contributed by atoms with Gasteiger partial charge in [0.05, 0.1) is 34.4 Å². The van der Waals surface area contributed by atoms with Gasteiger partial charge >= 0.3 is 0 Å². The first kappa shape index (κ1) is 17.9. The fourth-order valence-electron chi connectivity index (χ4n) is 2.56. The van der Waals surface area contributed by atoms with Crippen molar-refractivity contribution in [3.8, 4) is 0 Å². The first-order valence-corrected chi connectivity index (χ1v) is 9.55. The second-order valence-electron chi connectivity index (χ2n) is 5.45. The van der Waals surface area contributed by atoms with E-state index in [2.05, 4.69) is 5.32 Å². The molecule has 0 atom stereocenters. The lowest BCUT2D eigenvalue weighted by Crippen LogP contribution is -2.41. The number of anilines is 1. The van der Waals surface area contributed by atoms with Gasteiger partial charge in [-0.3, -0.25) is 4.79 Å². The molecule has 1 amide bonds. The normalized spacial score (nSPS) is 15.7. The molecule has 1 fully saturated rings. The number of amides is 1. The molecule has 6 nitrogen and oxygen atoms in total. The summed E-state index contributed by atoms with van der Waals surface area (Å²) in [7, 11) is -3.78. The molecule has 3 rings (SSSR count). The van der Waals surface area contributed by atoms with Crippen molar-refractivity contribution in [1.29, 1.82) is 0 Å². The number of sulfonamides is 1. The fourth-order valence-corrected chi connectivity index (χ4v) is 4.34. The van der Waals surface area contributed by atoms with Crippen LogP contribution in [0.15, 0.2) is 53.4 Å². The van der Waals surface area contributed by atoms with E-state index in [0.717, 1.165) is 0 Å².